The van der Waals surface area contributed by atoms with Crippen LogP contribution >= 0.6 is 15.9 Å². The van der Waals surface area contributed by atoms with Gasteiger partial charge in [0.25, 0.3) is 5.69 Å². The second-order valence-electron chi connectivity index (χ2n) is 8.43. The fourth-order valence-corrected chi connectivity index (χ4v) is 5.26. The fraction of sp³-hybridized carbons (Fsp3) is 0.240. The number of non-ortho nitro benzene ring substituents is 1. The third kappa shape index (κ3) is 8.18. The summed E-state index contributed by atoms with van der Waals surface area (Å²) in [6.07, 6.45) is -1.91. The molecule has 0 bridgehead atoms. The van der Waals surface area contributed by atoms with Crippen LogP contribution in [0, 0.1) is 21.7 Å². The summed E-state index contributed by atoms with van der Waals surface area (Å²) >= 11 is 3.20. The minimum Gasteiger partial charge on any atom is -0.485 e. The van der Waals surface area contributed by atoms with Crippen LogP contribution in [-0.2, 0) is 21.4 Å². The van der Waals surface area contributed by atoms with Crippen molar-refractivity contribution in [3.8, 4) is 5.75 Å². The Morgan fingerprint density at radius 3 is 2.33 bits per heavy atom. The lowest BCUT2D eigenvalue weighted by Gasteiger charge is -2.31. The second-order valence-corrected chi connectivity index (χ2v) is 11.0. The predicted molar refractivity (Wildman–Crippen MR) is 141 cm³/mol. The number of nitro groups is 1. The largest absolute Gasteiger partial charge is 0.485 e. The van der Waals surface area contributed by atoms with E-state index in [1.54, 1.807) is 24.3 Å². The third-order valence-corrected chi connectivity index (χ3v) is 7.65. The maximum Gasteiger partial charge on any atom is 0.407 e. The maximum absolute atomic E-state index is 13.7. The molecule has 0 spiro atoms. The van der Waals surface area contributed by atoms with Gasteiger partial charge in [-0.2, -0.15) is 0 Å². The van der Waals surface area contributed by atoms with Gasteiger partial charge in [-0.05, 0) is 59.6 Å². The van der Waals surface area contributed by atoms with Gasteiger partial charge in [-0.25, -0.2) is 26.7 Å². The summed E-state index contributed by atoms with van der Waals surface area (Å²) in [5, 5.41) is 13.7. The average Bonchev–Trinajstić information content (AvgIpc) is 2.88. The molecule has 39 heavy (non-hydrogen) atoms. The van der Waals surface area contributed by atoms with E-state index in [0.29, 0.717) is 12.1 Å². The van der Waals surface area contributed by atoms with Crippen molar-refractivity contribution in [2.75, 3.05) is 0 Å². The summed E-state index contributed by atoms with van der Waals surface area (Å²) in [4.78, 5) is 22.4. The summed E-state index contributed by atoms with van der Waals surface area (Å²) in [5.74, 6) is -2.43. The van der Waals surface area contributed by atoms with Gasteiger partial charge in [-0.1, -0.05) is 30.3 Å². The molecule has 1 amide bonds. The molecule has 0 aliphatic rings. The number of halogens is 3. The Balaban J connectivity index is 1.82. The van der Waals surface area contributed by atoms with Gasteiger partial charge in [-0.3, -0.25) is 10.1 Å². The first-order valence-electron chi connectivity index (χ1n) is 11.4. The molecule has 0 aliphatic heterocycles. The van der Waals surface area contributed by atoms with Crippen LogP contribution in [0.4, 0.5) is 19.3 Å². The summed E-state index contributed by atoms with van der Waals surface area (Å²) in [6, 6.07) is 12.8. The zero-order valence-corrected chi connectivity index (χ0v) is 23.0. The van der Waals surface area contributed by atoms with E-state index >= 15 is 0 Å². The molecule has 0 unspecified atom stereocenters. The van der Waals surface area contributed by atoms with Crippen molar-refractivity contribution in [3.63, 3.8) is 0 Å². The molecule has 14 heteroatoms. The van der Waals surface area contributed by atoms with Crippen LogP contribution in [0.15, 0.2) is 76.1 Å². The molecule has 3 atom stereocenters. The number of nitro benzene ring substituents is 1. The van der Waals surface area contributed by atoms with Gasteiger partial charge in [0.2, 0.25) is 10.0 Å². The number of alkyl carbamates (subject to hydrolysis) is 1. The van der Waals surface area contributed by atoms with Crippen molar-refractivity contribution in [3.05, 3.63) is 98.5 Å². The molecule has 3 aromatic rings. The van der Waals surface area contributed by atoms with E-state index in [1.165, 1.54) is 32.0 Å². The number of nitrogens with zero attached hydrogens (tertiary/aromatic N) is 1. The monoisotopic (exact) mass is 627 g/mol. The van der Waals surface area contributed by atoms with Crippen molar-refractivity contribution in [1.82, 2.24) is 10.0 Å². The number of benzene rings is 3. The van der Waals surface area contributed by atoms with Crippen LogP contribution in [-0.4, -0.2) is 37.6 Å². The zero-order valence-electron chi connectivity index (χ0n) is 20.6. The van der Waals surface area contributed by atoms with Crippen LogP contribution in [0.3, 0.4) is 0 Å². The Kier molecular flexibility index (Phi) is 9.94. The fourth-order valence-electron chi connectivity index (χ4n) is 3.54. The van der Waals surface area contributed by atoms with Crippen LogP contribution in [0.2, 0.25) is 0 Å². The molecule has 2 N–H and O–H groups in total. The first kappa shape index (κ1) is 29.9. The van der Waals surface area contributed by atoms with Crippen molar-refractivity contribution in [2.24, 2.45) is 0 Å². The van der Waals surface area contributed by atoms with E-state index in [9.17, 15) is 32.1 Å². The lowest BCUT2D eigenvalue weighted by atomic mass is 10.1. The molecule has 208 valence electrons. The number of ether oxygens (including phenoxy) is 2. The lowest BCUT2D eigenvalue weighted by molar-refractivity contribution is -0.385. The number of carbonyl (C=O) groups excluding carboxylic acids is 1. The molecule has 0 heterocycles. The predicted octanol–water partition coefficient (Wildman–Crippen LogP) is 5.06. The molecule has 0 fully saturated rings. The molecular formula is C25H24BrF2N3O7S. The quantitative estimate of drug-likeness (QED) is 0.224. The van der Waals surface area contributed by atoms with Crippen LogP contribution in [0.1, 0.15) is 19.4 Å². The molecule has 0 saturated carbocycles. The normalized spacial score (nSPS) is 13.7. The Labute approximate surface area is 231 Å². The smallest absolute Gasteiger partial charge is 0.407 e. The number of nitrogens with one attached hydrogen (secondary N) is 2. The highest BCUT2D eigenvalue weighted by atomic mass is 79.9. The van der Waals surface area contributed by atoms with Gasteiger partial charge in [0.15, 0.2) is 11.6 Å². The molecule has 3 aromatic carbocycles. The van der Waals surface area contributed by atoms with Gasteiger partial charge in [-0.15, -0.1) is 0 Å². The van der Waals surface area contributed by atoms with Crippen LogP contribution in [0.25, 0.3) is 0 Å². The lowest BCUT2D eigenvalue weighted by Crippen LogP contribution is -2.54. The number of sulfonamides is 1. The highest BCUT2D eigenvalue weighted by molar-refractivity contribution is 9.10. The summed E-state index contributed by atoms with van der Waals surface area (Å²) < 4.78 is 66.6. The number of amides is 1. The van der Waals surface area contributed by atoms with Crippen molar-refractivity contribution in [2.45, 2.75) is 43.5 Å². The van der Waals surface area contributed by atoms with E-state index < -0.39 is 55.8 Å². The molecule has 0 radical (unpaired) electrons. The van der Waals surface area contributed by atoms with Gasteiger partial charge in [0, 0.05) is 12.1 Å². The first-order valence-corrected chi connectivity index (χ1v) is 13.7. The maximum atomic E-state index is 13.7. The second kappa shape index (κ2) is 13.0. The van der Waals surface area contributed by atoms with Crippen molar-refractivity contribution >= 4 is 37.7 Å². The van der Waals surface area contributed by atoms with E-state index in [4.69, 9.17) is 9.47 Å². The van der Waals surface area contributed by atoms with E-state index in [-0.39, 0.29) is 22.5 Å². The Hall–Kier alpha value is -3.62. The highest BCUT2D eigenvalue weighted by Gasteiger charge is 2.32. The zero-order chi connectivity index (χ0) is 28.7. The van der Waals surface area contributed by atoms with Gasteiger partial charge in [0.1, 0.15) is 18.5 Å². The summed E-state index contributed by atoms with van der Waals surface area (Å²) in [7, 11) is -4.35. The molecular weight excluding hydrogens is 604 g/mol. The molecule has 3 rings (SSSR count). The topological polar surface area (TPSA) is 137 Å². The minimum atomic E-state index is -4.35. The number of hydrogen-bond acceptors (Lipinski definition) is 7. The average molecular weight is 628 g/mol. The highest BCUT2D eigenvalue weighted by Crippen LogP contribution is 2.31. The standard InChI is InChI=1S/C25H24BrF2N3O7S/c1-15(29-25(32)37-14-17-6-4-3-5-7-17)24(38-23-11-8-18(31(33)34)12-20(23)26)16(2)30-39(35,36)19-9-10-21(27)22(28)13-19/h3-13,15-16,24,30H,14H2,1-2H3,(H,29,32)/t15-,16+,24-/m0/s1. The van der Waals surface area contributed by atoms with E-state index in [0.717, 1.165) is 11.6 Å². The van der Waals surface area contributed by atoms with Crippen molar-refractivity contribution < 1.29 is 36.4 Å². The Morgan fingerprint density at radius 2 is 1.72 bits per heavy atom. The van der Waals surface area contributed by atoms with E-state index in [2.05, 4.69) is 26.0 Å². The molecule has 10 nitrogen and oxygen atoms in total. The summed E-state index contributed by atoms with van der Waals surface area (Å²) in [6.45, 7) is 2.96. The first-order chi connectivity index (χ1) is 18.4. The van der Waals surface area contributed by atoms with Crippen LogP contribution in [0.5, 0.6) is 5.75 Å². The Morgan fingerprint density at radius 1 is 1.03 bits per heavy atom. The van der Waals surface area contributed by atoms with Gasteiger partial charge in [0.05, 0.1) is 26.4 Å². The number of carbonyl (C=O) groups is 1. The SMILES string of the molecule is C[C@H](NC(=O)OCc1ccccc1)[C@H](Oc1ccc([N+](=O)[O-])cc1Br)[C@@H](C)NS(=O)(=O)c1ccc(F)c(F)c1. The van der Waals surface area contributed by atoms with Crippen LogP contribution < -0.4 is 14.8 Å². The molecule has 0 saturated heterocycles. The summed E-state index contributed by atoms with van der Waals surface area (Å²) in [5.41, 5.74) is 0.532. The molecule has 0 aliphatic carbocycles. The van der Waals surface area contributed by atoms with E-state index in [1.807, 2.05) is 6.07 Å². The number of hydrogen-bond donors (Lipinski definition) is 2. The van der Waals surface area contributed by atoms with Crippen molar-refractivity contribution in [1.29, 1.82) is 0 Å². The Bertz CT molecular complexity index is 1440. The minimum absolute atomic E-state index is 0.0167. The molecule has 0 aromatic heterocycles. The van der Waals surface area contributed by atoms with Gasteiger partial charge >= 0.3 is 6.09 Å². The number of rotatable bonds is 11. The third-order valence-electron chi connectivity index (χ3n) is 5.48. The van der Waals surface area contributed by atoms with Gasteiger partial charge < -0.3 is 14.8 Å².